The maximum absolute atomic E-state index is 12.9. The fourth-order valence-electron chi connectivity index (χ4n) is 1.24. The molecule has 0 saturated carbocycles. The molecule has 1 rings (SSSR count). The van der Waals surface area contributed by atoms with Crippen LogP contribution in [0.4, 0.5) is 17.6 Å². The highest BCUT2D eigenvalue weighted by atomic mass is 35.5. The zero-order valence-corrected chi connectivity index (χ0v) is 8.82. The molecule has 1 N–H and O–H groups in total. The second-order valence-corrected chi connectivity index (χ2v) is 3.63. The molecule has 0 aromatic heterocycles. The standard InChI is InChI=1S/C10H9ClF4O/c11-5-7(16)3-6-1-2-9(12)8(4-6)10(13,14)15/h1-2,4,7,16H,3,5H2/t7-/m1/s1. The normalized spacial score (nSPS) is 13.9. The van der Waals surface area contributed by atoms with Gasteiger partial charge in [0, 0.05) is 5.88 Å². The van der Waals surface area contributed by atoms with Gasteiger partial charge in [0.15, 0.2) is 0 Å². The van der Waals surface area contributed by atoms with Crippen LogP contribution >= 0.6 is 11.6 Å². The summed E-state index contributed by atoms with van der Waals surface area (Å²) in [4.78, 5) is 0. The van der Waals surface area contributed by atoms with E-state index in [9.17, 15) is 17.6 Å². The lowest BCUT2D eigenvalue weighted by molar-refractivity contribution is -0.140. The van der Waals surface area contributed by atoms with Crippen molar-refractivity contribution < 1.29 is 22.7 Å². The summed E-state index contributed by atoms with van der Waals surface area (Å²) in [6.07, 6.45) is -5.70. The van der Waals surface area contributed by atoms with Gasteiger partial charge in [-0.1, -0.05) is 6.07 Å². The number of aliphatic hydroxyl groups is 1. The maximum Gasteiger partial charge on any atom is 0.419 e. The summed E-state index contributed by atoms with van der Waals surface area (Å²) in [6, 6.07) is 2.62. The van der Waals surface area contributed by atoms with Crippen LogP contribution in [0.2, 0.25) is 0 Å². The molecule has 0 heterocycles. The Morgan fingerprint density at radius 2 is 1.94 bits per heavy atom. The molecule has 1 aromatic rings. The minimum absolute atomic E-state index is 0.0349. The first kappa shape index (κ1) is 13.3. The average Bonchev–Trinajstić information content (AvgIpc) is 2.19. The van der Waals surface area contributed by atoms with Crippen LogP contribution in [0.1, 0.15) is 11.1 Å². The van der Waals surface area contributed by atoms with Gasteiger partial charge in [-0.15, -0.1) is 11.6 Å². The van der Waals surface area contributed by atoms with Crippen LogP contribution in [0.15, 0.2) is 18.2 Å². The van der Waals surface area contributed by atoms with Crippen molar-refractivity contribution in [1.82, 2.24) is 0 Å². The van der Waals surface area contributed by atoms with E-state index in [0.29, 0.717) is 6.07 Å². The van der Waals surface area contributed by atoms with Crippen LogP contribution in [0.25, 0.3) is 0 Å². The van der Waals surface area contributed by atoms with E-state index in [4.69, 9.17) is 16.7 Å². The Bertz CT molecular complexity index is 364. The van der Waals surface area contributed by atoms with Gasteiger partial charge < -0.3 is 5.11 Å². The van der Waals surface area contributed by atoms with E-state index >= 15 is 0 Å². The molecule has 0 unspecified atom stereocenters. The van der Waals surface area contributed by atoms with Gasteiger partial charge in [0.05, 0.1) is 11.7 Å². The third-order valence-electron chi connectivity index (χ3n) is 1.99. The summed E-state index contributed by atoms with van der Waals surface area (Å²) in [5.41, 5.74) is -1.13. The van der Waals surface area contributed by atoms with Crippen molar-refractivity contribution in [2.24, 2.45) is 0 Å². The first-order valence-electron chi connectivity index (χ1n) is 4.44. The Hall–Kier alpha value is -0.810. The largest absolute Gasteiger partial charge is 0.419 e. The molecule has 1 nitrogen and oxygen atoms in total. The summed E-state index contributed by atoms with van der Waals surface area (Å²) in [7, 11) is 0. The van der Waals surface area contributed by atoms with Gasteiger partial charge in [-0.3, -0.25) is 0 Å². The molecule has 0 fully saturated rings. The van der Waals surface area contributed by atoms with Crippen molar-refractivity contribution >= 4 is 11.6 Å². The zero-order chi connectivity index (χ0) is 12.3. The molecule has 0 aliphatic heterocycles. The molecule has 0 amide bonds. The summed E-state index contributed by atoms with van der Waals surface area (Å²) < 4.78 is 49.8. The van der Waals surface area contributed by atoms with Crippen LogP contribution in [-0.2, 0) is 12.6 Å². The molecule has 6 heteroatoms. The van der Waals surface area contributed by atoms with Crippen LogP contribution in [0.3, 0.4) is 0 Å². The predicted octanol–water partition coefficient (Wildman–Crippen LogP) is 2.99. The highest BCUT2D eigenvalue weighted by molar-refractivity contribution is 6.18. The van der Waals surface area contributed by atoms with E-state index in [0.717, 1.165) is 6.07 Å². The zero-order valence-electron chi connectivity index (χ0n) is 8.06. The Kier molecular flexibility index (Phi) is 4.15. The van der Waals surface area contributed by atoms with E-state index in [1.165, 1.54) is 6.07 Å². The highest BCUT2D eigenvalue weighted by Gasteiger charge is 2.34. The van der Waals surface area contributed by atoms with Crippen molar-refractivity contribution in [3.8, 4) is 0 Å². The Balaban J connectivity index is 2.99. The molecule has 1 aromatic carbocycles. The molecule has 1 atom stereocenters. The molecule has 0 bridgehead atoms. The first-order chi connectivity index (χ1) is 7.34. The summed E-state index contributed by atoms with van der Waals surface area (Å²) in [5, 5.41) is 9.17. The molecule has 0 saturated heterocycles. The fourth-order valence-corrected chi connectivity index (χ4v) is 1.35. The van der Waals surface area contributed by atoms with Crippen molar-refractivity contribution in [2.45, 2.75) is 18.7 Å². The van der Waals surface area contributed by atoms with Gasteiger partial charge in [0.1, 0.15) is 5.82 Å². The lowest BCUT2D eigenvalue weighted by atomic mass is 10.0. The van der Waals surface area contributed by atoms with Gasteiger partial charge in [0.25, 0.3) is 0 Å². The quantitative estimate of drug-likeness (QED) is 0.651. The molecular formula is C10H9ClF4O. The molecule has 16 heavy (non-hydrogen) atoms. The number of benzene rings is 1. The Labute approximate surface area is 94.7 Å². The van der Waals surface area contributed by atoms with Crippen molar-refractivity contribution in [3.63, 3.8) is 0 Å². The van der Waals surface area contributed by atoms with E-state index in [2.05, 4.69) is 0 Å². The molecule has 0 radical (unpaired) electrons. The third kappa shape index (κ3) is 3.35. The Morgan fingerprint density at radius 3 is 2.44 bits per heavy atom. The number of halogens is 5. The summed E-state index contributed by atoms with van der Waals surface area (Å²) >= 11 is 5.32. The number of aliphatic hydroxyl groups excluding tert-OH is 1. The van der Waals surface area contributed by atoms with Crippen LogP contribution in [0.5, 0.6) is 0 Å². The first-order valence-corrected chi connectivity index (χ1v) is 4.97. The topological polar surface area (TPSA) is 20.2 Å². The molecule has 0 aliphatic carbocycles. The van der Waals surface area contributed by atoms with E-state index in [-0.39, 0.29) is 17.9 Å². The SMILES string of the molecule is O[C@@H](CCl)Cc1ccc(F)c(C(F)(F)F)c1. The van der Waals surface area contributed by atoms with E-state index in [1.54, 1.807) is 0 Å². The van der Waals surface area contributed by atoms with Gasteiger partial charge in [-0.25, -0.2) is 4.39 Å². The number of hydrogen-bond acceptors (Lipinski definition) is 1. The molecular weight excluding hydrogens is 248 g/mol. The monoisotopic (exact) mass is 256 g/mol. The van der Waals surface area contributed by atoms with Crippen LogP contribution in [0, 0.1) is 5.82 Å². The third-order valence-corrected chi connectivity index (χ3v) is 2.34. The average molecular weight is 257 g/mol. The highest BCUT2D eigenvalue weighted by Crippen LogP contribution is 2.32. The van der Waals surface area contributed by atoms with Gasteiger partial charge in [0.2, 0.25) is 0 Å². The van der Waals surface area contributed by atoms with Gasteiger partial charge in [-0.2, -0.15) is 13.2 Å². The maximum atomic E-state index is 12.9. The fraction of sp³-hybridized carbons (Fsp3) is 0.400. The predicted molar refractivity (Wildman–Crippen MR) is 51.8 cm³/mol. The minimum atomic E-state index is -4.73. The van der Waals surface area contributed by atoms with Gasteiger partial charge >= 0.3 is 6.18 Å². The van der Waals surface area contributed by atoms with Crippen LogP contribution in [-0.4, -0.2) is 17.1 Å². The summed E-state index contributed by atoms with van der Waals surface area (Å²) in [6.45, 7) is 0. The van der Waals surface area contributed by atoms with E-state index < -0.39 is 23.7 Å². The van der Waals surface area contributed by atoms with Crippen molar-refractivity contribution in [3.05, 3.63) is 35.1 Å². The number of rotatable bonds is 3. The summed E-state index contributed by atoms with van der Waals surface area (Å²) in [5.74, 6) is -1.41. The second-order valence-electron chi connectivity index (χ2n) is 3.32. The second kappa shape index (κ2) is 5.01. The molecule has 90 valence electrons. The van der Waals surface area contributed by atoms with Gasteiger partial charge in [-0.05, 0) is 24.1 Å². The smallest absolute Gasteiger partial charge is 0.392 e. The number of hydrogen-bond donors (Lipinski definition) is 1. The van der Waals surface area contributed by atoms with E-state index in [1.807, 2.05) is 0 Å². The van der Waals surface area contributed by atoms with Crippen molar-refractivity contribution in [2.75, 3.05) is 5.88 Å². The molecule has 0 spiro atoms. The minimum Gasteiger partial charge on any atom is -0.392 e. The Morgan fingerprint density at radius 1 is 1.31 bits per heavy atom. The molecule has 0 aliphatic rings. The van der Waals surface area contributed by atoms with Crippen LogP contribution < -0.4 is 0 Å². The number of alkyl halides is 4. The lowest BCUT2D eigenvalue weighted by Gasteiger charge is -2.11. The van der Waals surface area contributed by atoms with Crippen molar-refractivity contribution in [1.29, 1.82) is 0 Å². The lowest BCUT2D eigenvalue weighted by Crippen LogP contribution is -2.14.